The molecule has 1 aromatic carbocycles. The number of ether oxygens (including phenoxy) is 1. The molecular formula is C10H9BrO4. The number of benzene rings is 1. The van der Waals surface area contributed by atoms with Crippen LogP contribution >= 0.6 is 15.9 Å². The average molecular weight is 273 g/mol. The van der Waals surface area contributed by atoms with Crippen LogP contribution in [0.15, 0.2) is 22.7 Å². The topological polar surface area (TPSA) is 63.6 Å². The van der Waals surface area contributed by atoms with Crippen LogP contribution in [-0.2, 0) is 16.0 Å². The van der Waals surface area contributed by atoms with E-state index in [1.54, 1.807) is 18.2 Å². The first-order valence-corrected chi connectivity index (χ1v) is 4.92. The molecule has 0 spiro atoms. The second-order valence-corrected chi connectivity index (χ2v) is 3.82. The molecule has 0 aliphatic rings. The highest BCUT2D eigenvalue weighted by atomic mass is 79.9. The molecule has 5 heteroatoms. The van der Waals surface area contributed by atoms with Gasteiger partial charge in [-0.2, -0.15) is 0 Å². The molecule has 0 aliphatic heterocycles. The number of hydrogen-bond donors (Lipinski definition) is 1. The van der Waals surface area contributed by atoms with E-state index < -0.39 is 11.8 Å². The maximum atomic E-state index is 11.0. The highest BCUT2D eigenvalue weighted by molar-refractivity contribution is 9.10. The first-order chi connectivity index (χ1) is 7.02. The van der Waals surface area contributed by atoms with E-state index in [1.165, 1.54) is 7.11 Å². The molecule has 4 nitrogen and oxygen atoms in total. The third-order valence-electron chi connectivity index (χ3n) is 1.77. The molecule has 1 N–H and O–H groups in total. The summed E-state index contributed by atoms with van der Waals surface area (Å²) in [5.74, 6) is -1.68. The monoisotopic (exact) mass is 272 g/mol. The predicted molar refractivity (Wildman–Crippen MR) is 57.0 cm³/mol. The van der Waals surface area contributed by atoms with Gasteiger partial charge in [-0.3, -0.25) is 4.79 Å². The van der Waals surface area contributed by atoms with Crippen LogP contribution in [0.4, 0.5) is 0 Å². The Labute approximate surface area is 95.0 Å². The van der Waals surface area contributed by atoms with Gasteiger partial charge >= 0.3 is 5.97 Å². The summed E-state index contributed by atoms with van der Waals surface area (Å²) >= 11 is 3.24. The minimum Gasteiger partial charge on any atom is -0.497 e. The molecule has 1 rings (SSSR count). The number of rotatable bonds is 4. The normalized spacial score (nSPS) is 9.73. The lowest BCUT2D eigenvalue weighted by Gasteiger charge is -2.04. The van der Waals surface area contributed by atoms with Gasteiger partial charge in [0, 0.05) is 10.9 Å². The quantitative estimate of drug-likeness (QED) is 0.847. The number of carbonyl (C=O) groups excluding carboxylic acids is 1. The first kappa shape index (κ1) is 11.7. The largest absolute Gasteiger partial charge is 0.497 e. The highest BCUT2D eigenvalue weighted by Crippen LogP contribution is 2.21. The highest BCUT2D eigenvalue weighted by Gasteiger charge is 2.12. The Kier molecular flexibility index (Phi) is 3.85. The Morgan fingerprint density at radius 3 is 2.60 bits per heavy atom. The fraction of sp³-hybridized carbons (Fsp3) is 0.200. The van der Waals surface area contributed by atoms with E-state index in [-0.39, 0.29) is 6.42 Å². The van der Waals surface area contributed by atoms with Crippen molar-refractivity contribution in [1.82, 2.24) is 0 Å². The van der Waals surface area contributed by atoms with Gasteiger partial charge in [-0.25, -0.2) is 4.79 Å². The summed E-state index contributed by atoms with van der Waals surface area (Å²) in [6, 6.07) is 5.05. The van der Waals surface area contributed by atoms with Crippen LogP contribution in [0.1, 0.15) is 5.56 Å². The minimum atomic E-state index is -1.42. The molecule has 0 saturated heterocycles. The van der Waals surface area contributed by atoms with Crippen LogP contribution in [0.3, 0.4) is 0 Å². The van der Waals surface area contributed by atoms with Gasteiger partial charge in [0.2, 0.25) is 5.78 Å². The molecule has 0 amide bonds. The van der Waals surface area contributed by atoms with Crippen molar-refractivity contribution in [2.75, 3.05) is 7.11 Å². The van der Waals surface area contributed by atoms with E-state index in [9.17, 15) is 9.59 Å². The molecule has 80 valence electrons. The summed E-state index contributed by atoms with van der Waals surface area (Å²) < 4.78 is 5.73. The Morgan fingerprint density at radius 1 is 1.40 bits per heavy atom. The summed E-state index contributed by atoms with van der Waals surface area (Å²) in [6.07, 6.45) is -0.134. The minimum absolute atomic E-state index is 0.134. The zero-order chi connectivity index (χ0) is 11.4. The zero-order valence-corrected chi connectivity index (χ0v) is 9.58. The predicted octanol–water partition coefficient (Wildman–Crippen LogP) is 1.65. The van der Waals surface area contributed by atoms with Gasteiger partial charge in [0.1, 0.15) is 5.75 Å². The number of ketones is 1. The molecular weight excluding hydrogens is 264 g/mol. The van der Waals surface area contributed by atoms with Crippen LogP contribution in [0.25, 0.3) is 0 Å². The summed E-state index contributed by atoms with van der Waals surface area (Å²) in [7, 11) is 1.50. The van der Waals surface area contributed by atoms with Gasteiger partial charge in [-0.05, 0) is 23.8 Å². The maximum absolute atomic E-state index is 11.0. The van der Waals surface area contributed by atoms with Crippen molar-refractivity contribution in [3.63, 3.8) is 0 Å². The van der Waals surface area contributed by atoms with E-state index in [0.717, 1.165) is 4.47 Å². The molecule has 0 atom stereocenters. The molecule has 0 aliphatic carbocycles. The van der Waals surface area contributed by atoms with Crippen LogP contribution < -0.4 is 4.74 Å². The van der Waals surface area contributed by atoms with Crippen LogP contribution in [0, 0.1) is 0 Å². The van der Waals surface area contributed by atoms with E-state index in [0.29, 0.717) is 11.3 Å². The number of aliphatic carboxylic acids is 1. The number of hydrogen-bond acceptors (Lipinski definition) is 3. The first-order valence-electron chi connectivity index (χ1n) is 4.12. The van der Waals surface area contributed by atoms with Crippen LogP contribution in [0.2, 0.25) is 0 Å². The van der Waals surface area contributed by atoms with Gasteiger partial charge in [-0.1, -0.05) is 15.9 Å². The van der Waals surface area contributed by atoms with Gasteiger partial charge < -0.3 is 9.84 Å². The van der Waals surface area contributed by atoms with E-state index in [2.05, 4.69) is 15.9 Å². The lowest BCUT2D eigenvalue weighted by Crippen LogP contribution is -2.15. The smallest absolute Gasteiger partial charge is 0.372 e. The standard InChI is InChI=1S/C10H9BrO4/c1-15-8-3-6(2-7(11)5-8)4-9(12)10(13)14/h2-3,5H,4H2,1H3,(H,13,14). The number of Topliss-reactive ketones (excluding diaryl/α,β-unsaturated/α-hetero) is 1. The zero-order valence-electron chi connectivity index (χ0n) is 7.99. The summed E-state index contributed by atoms with van der Waals surface area (Å²) in [5.41, 5.74) is 0.605. The number of halogens is 1. The van der Waals surface area contributed by atoms with Crippen molar-refractivity contribution in [2.45, 2.75) is 6.42 Å². The molecule has 0 saturated carbocycles. The second kappa shape index (κ2) is 4.93. The van der Waals surface area contributed by atoms with Crippen LogP contribution in [-0.4, -0.2) is 24.0 Å². The Bertz CT molecular complexity index is 400. The fourth-order valence-electron chi connectivity index (χ4n) is 1.10. The van der Waals surface area contributed by atoms with Crippen molar-refractivity contribution in [1.29, 1.82) is 0 Å². The third kappa shape index (κ3) is 3.36. The van der Waals surface area contributed by atoms with E-state index >= 15 is 0 Å². The van der Waals surface area contributed by atoms with Crippen molar-refractivity contribution < 1.29 is 19.4 Å². The van der Waals surface area contributed by atoms with Crippen molar-refractivity contribution in [2.24, 2.45) is 0 Å². The lowest BCUT2D eigenvalue weighted by molar-refractivity contribution is -0.148. The Balaban J connectivity index is 2.90. The Morgan fingerprint density at radius 2 is 2.07 bits per heavy atom. The van der Waals surface area contributed by atoms with E-state index in [1.807, 2.05) is 0 Å². The van der Waals surface area contributed by atoms with E-state index in [4.69, 9.17) is 9.84 Å². The third-order valence-corrected chi connectivity index (χ3v) is 2.23. The lowest BCUT2D eigenvalue weighted by atomic mass is 10.1. The van der Waals surface area contributed by atoms with Crippen molar-refractivity contribution >= 4 is 27.7 Å². The molecule has 15 heavy (non-hydrogen) atoms. The second-order valence-electron chi connectivity index (χ2n) is 2.90. The molecule has 0 bridgehead atoms. The summed E-state index contributed by atoms with van der Waals surface area (Å²) in [6.45, 7) is 0. The summed E-state index contributed by atoms with van der Waals surface area (Å²) in [5, 5.41) is 8.45. The number of methoxy groups -OCH3 is 1. The number of carboxylic acid groups (broad SMARTS) is 1. The molecule has 0 fully saturated rings. The van der Waals surface area contributed by atoms with Gasteiger partial charge in [0.15, 0.2) is 0 Å². The molecule has 0 heterocycles. The van der Waals surface area contributed by atoms with Gasteiger partial charge in [0.25, 0.3) is 0 Å². The summed E-state index contributed by atoms with van der Waals surface area (Å²) in [4.78, 5) is 21.3. The Hall–Kier alpha value is -1.36. The molecule has 0 radical (unpaired) electrons. The maximum Gasteiger partial charge on any atom is 0.372 e. The van der Waals surface area contributed by atoms with Gasteiger partial charge in [-0.15, -0.1) is 0 Å². The number of carbonyl (C=O) groups is 2. The van der Waals surface area contributed by atoms with Gasteiger partial charge in [0.05, 0.1) is 7.11 Å². The molecule has 0 unspecified atom stereocenters. The number of carboxylic acids is 1. The SMILES string of the molecule is COc1cc(Br)cc(CC(=O)C(=O)O)c1. The van der Waals surface area contributed by atoms with Crippen molar-refractivity contribution in [3.8, 4) is 5.75 Å². The van der Waals surface area contributed by atoms with Crippen LogP contribution in [0.5, 0.6) is 5.75 Å². The molecule has 1 aromatic rings. The van der Waals surface area contributed by atoms with Crippen molar-refractivity contribution in [3.05, 3.63) is 28.2 Å². The molecule has 0 aromatic heterocycles. The average Bonchev–Trinajstić information content (AvgIpc) is 2.16. The fourth-order valence-corrected chi connectivity index (χ4v) is 1.62.